The summed E-state index contributed by atoms with van der Waals surface area (Å²) in [5.74, 6) is 0.872. The minimum atomic E-state index is 0.0637. The van der Waals surface area contributed by atoms with Crippen LogP contribution in [0.3, 0.4) is 0 Å². The molecule has 92 valence electrons. The van der Waals surface area contributed by atoms with Crippen molar-refractivity contribution in [2.45, 2.75) is 32.1 Å². The molecule has 1 amide bonds. The Morgan fingerprint density at radius 2 is 2.19 bits per heavy atom. The average molecular weight is 246 g/mol. The molecule has 2 aliphatic rings. The van der Waals surface area contributed by atoms with Crippen LogP contribution in [0.25, 0.3) is 0 Å². The number of carbonyl (C=O) groups is 1. The van der Waals surface area contributed by atoms with Crippen LogP contribution in [0.4, 0.5) is 0 Å². The predicted octanol–water partition coefficient (Wildman–Crippen LogP) is 1.94. The van der Waals surface area contributed by atoms with Gasteiger partial charge in [-0.05, 0) is 19.3 Å². The zero-order chi connectivity index (χ0) is 11.4. The fraction of sp³-hybridized carbons (Fsp3) is 0.917. The summed E-state index contributed by atoms with van der Waals surface area (Å²) in [7, 11) is 0. The fourth-order valence-corrected chi connectivity index (χ4v) is 3.00. The molecule has 1 saturated heterocycles. The lowest BCUT2D eigenvalue weighted by atomic mass is 9.88. The Hall–Kier alpha value is -0.280. The standard InChI is InChI=1S/C12H20ClNO2/c13-8-12(4-1-2-5-12)9-14-11(15)10-3-6-16-7-10/h10H,1-9H2,(H,14,15). The van der Waals surface area contributed by atoms with Gasteiger partial charge >= 0.3 is 0 Å². The molecular formula is C12H20ClNO2. The Morgan fingerprint density at radius 3 is 2.75 bits per heavy atom. The second-order valence-electron chi connectivity index (χ2n) is 5.12. The van der Waals surface area contributed by atoms with Gasteiger partial charge in [-0.25, -0.2) is 0 Å². The maximum atomic E-state index is 11.8. The average Bonchev–Trinajstić information content (AvgIpc) is 2.98. The molecule has 1 aliphatic heterocycles. The zero-order valence-electron chi connectivity index (χ0n) is 9.64. The number of nitrogens with one attached hydrogen (secondary N) is 1. The number of hydrogen-bond acceptors (Lipinski definition) is 2. The molecule has 0 radical (unpaired) electrons. The molecule has 0 spiro atoms. The molecule has 0 aromatic rings. The van der Waals surface area contributed by atoms with E-state index < -0.39 is 0 Å². The largest absolute Gasteiger partial charge is 0.381 e. The Labute approximate surface area is 102 Å². The quantitative estimate of drug-likeness (QED) is 0.769. The number of carbonyl (C=O) groups excluding carboxylic acids is 1. The van der Waals surface area contributed by atoms with Gasteiger partial charge in [0.05, 0.1) is 12.5 Å². The first-order chi connectivity index (χ1) is 7.76. The van der Waals surface area contributed by atoms with Crippen LogP contribution in [-0.2, 0) is 9.53 Å². The van der Waals surface area contributed by atoms with Crippen LogP contribution in [0, 0.1) is 11.3 Å². The third-order valence-electron chi connectivity index (χ3n) is 3.89. The molecule has 4 heteroatoms. The van der Waals surface area contributed by atoms with Crippen LogP contribution in [0.1, 0.15) is 32.1 Å². The summed E-state index contributed by atoms with van der Waals surface area (Å²) in [4.78, 5) is 11.8. The molecule has 0 aromatic carbocycles. The van der Waals surface area contributed by atoms with Crippen molar-refractivity contribution < 1.29 is 9.53 Å². The number of amides is 1. The first-order valence-corrected chi connectivity index (χ1v) is 6.71. The second kappa shape index (κ2) is 5.37. The Balaban J connectivity index is 1.79. The fourth-order valence-electron chi connectivity index (χ4n) is 2.64. The lowest BCUT2D eigenvalue weighted by Gasteiger charge is -2.27. The summed E-state index contributed by atoms with van der Waals surface area (Å²) in [6, 6.07) is 0. The summed E-state index contributed by atoms with van der Waals surface area (Å²) in [6.45, 7) is 2.05. The smallest absolute Gasteiger partial charge is 0.225 e. The van der Waals surface area contributed by atoms with Crippen molar-refractivity contribution in [3.8, 4) is 0 Å². The highest BCUT2D eigenvalue weighted by molar-refractivity contribution is 6.18. The van der Waals surface area contributed by atoms with Crippen molar-refractivity contribution in [2.24, 2.45) is 11.3 Å². The van der Waals surface area contributed by atoms with Gasteiger partial charge in [0, 0.05) is 24.4 Å². The highest BCUT2D eigenvalue weighted by Gasteiger charge is 2.34. The molecule has 1 saturated carbocycles. The van der Waals surface area contributed by atoms with E-state index >= 15 is 0 Å². The Kier molecular flexibility index (Phi) is 4.09. The molecule has 1 unspecified atom stereocenters. The normalized spacial score (nSPS) is 28.2. The molecule has 0 aromatic heterocycles. The zero-order valence-corrected chi connectivity index (χ0v) is 10.4. The minimum absolute atomic E-state index is 0.0637. The maximum absolute atomic E-state index is 11.8. The topological polar surface area (TPSA) is 38.3 Å². The van der Waals surface area contributed by atoms with Gasteiger partial charge in [0.15, 0.2) is 0 Å². The number of ether oxygens (including phenoxy) is 1. The molecular weight excluding hydrogens is 226 g/mol. The first-order valence-electron chi connectivity index (χ1n) is 6.17. The molecule has 1 aliphatic carbocycles. The van der Waals surface area contributed by atoms with Crippen LogP contribution in [0.5, 0.6) is 0 Å². The van der Waals surface area contributed by atoms with E-state index in [0.717, 1.165) is 32.4 Å². The van der Waals surface area contributed by atoms with Gasteiger partial charge in [0.25, 0.3) is 0 Å². The lowest BCUT2D eigenvalue weighted by Crippen LogP contribution is -2.40. The van der Waals surface area contributed by atoms with Crippen molar-refractivity contribution in [3.05, 3.63) is 0 Å². The molecule has 3 nitrogen and oxygen atoms in total. The summed E-state index contributed by atoms with van der Waals surface area (Å²) >= 11 is 6.03. The van der Waals surface area contributed by atoms with E-state index in [9.17, 15) is 4.79 Å². The van der Waals surface area contributed by atoms with Gasteiger partial charge in [0.1, 0.15) is 0 Å². The van der Waals surface area contributed by atoms with Gasteiger partial charge in [-0.15, -0.1) is 11.6 Å². The number of alkyl halides is 1. The highest BCUT2D eigenvalue weighted by atomic mass is 35.5. The summed E-state index contributed by atoms with van der Waals surface area (Å²) in [5.41, 5.74) is 0.163. The summed E-state index contributed by atoms with van der Waals surface area (Å²) in [5, 5.41) is 3.05. The van der Waals surface area contributed by atoms with Crippen molar-refractivity contribution >= 4 is 17.5 Å². The van der Waals surface area contributed by atoms with Gasteiger partial charge < -0.3 is 10.1 Å². The van der Waals surface area contributed by atoms with E-state index in [0.29, 0.717) is 12.5 Å². The lowest BCUT2D eigenvalue weighted by molar-refractivity contribution is -0.125. The van der Waals surface area contributed by atoms with Gasteiger partial charge in [0.2, 0.25) is 5.91 Å². The van der Waals surface area contributed by atoms with Crippen molar-refractivity contribution in [3.63, 3.8) is 0 Å². The van der Waals surface area contributed by atoms with Crippen molar-refractivity contribution in [2.75, 3.05) is 25.6 Å². The number of halogens is 1. The molecule has 2 fully saturated rings. The summed E-state index contributed by atoms with van der Waals surface area (Å²) in [6.07, 6.45) is 5.65. The third-order valence-corrected chi connectivity index (χ3v) is 4.45. The van der Waals surface area contributed by atoms with Gasteiger partial charge in [-0.3, -0.25) is 4.79 Å². The third kappa shape index (κ3) is 2.69. The van der Waals surface area contributed by atoms with E-state index in [1.54, 1.807) is 0 Å². The highest BCUT2D eigenvalue weighted by Crippen LogP contribution is 2.38. The molecule has 1 atom stereocenters. The second-order valence-corrected chi connectivity index (χ2v) is 5.39. The number of rotatable bonds is 4. The first kappa shape index (κ1) is 12.2. The van der Waals surface area contributed by atoms with E-state index in [1.165, 1.54) is 12.8 Å². The van der Waals surface area contributed by atoms with Crippen LogP contribution in [0.15, 0.2) is 0 Å². The van der Waals surface area contributed by atoms with E-state index in [1.807, 2.05) is 0 Å². The van der Waals surface area contributed by atoms with Crippen LogP contribution >= 0.6 is 11.6 Å². The molecule has 16 heavy (non-hydrogen) atoms. The van der Waals surface area contributed by atoms with Crippen molar-refractivity contribution in [1.82, 2.24) is 5.32 Å². The molecule has 1 N–H and O–H groups in total. The number of hydrogen-bond donors (Lipinski definition) is 1. The van der Waals surface area contributed by atoms with Crippen LogP contribution in [0.2, 0.25) is 0 Å². The van der Waals surface area contributed by atoms with Crippen LogP contribution in [-0.4, -0.2) is 31.5 Å². The monoisotopic (exact) mass is 245 g/mol. The maximum Gasteiger partial charge on any atom is 0.225 e. The summed E-state index contributed by atoms with van der Waals surface area (Å²) < 4.78 is 5.21. The van der Waals surface area contributed by atoms with E-state index in [-0.39, 0.29) is 17.2 Å². The Bertz CT molecular complexity index is 245. The van der Waals surface area contributed by atoms with E-state index in [2.05, 4.69) is 5.32 Å². The van der Waals surface area contributed by atoms with E-state index in [4.69, 9.17) is 16.3 Å². The molecule has 0 bridgehead atoms. The molecule has 1 heterocycles. The van der Waals surface area contributed by atoms with Gasteiger partial charge in [-0.1, -0.05) is 12.8 Å². The van der Waals surface area contributed by atoms with Gasteiger partial charge in [-0.2, -0.15) is 0 Å². The minimum Gasteiger partial charge on any atom is -0.381 e. The predicted molar refractivity (Wildman–Crippen MR) is 63.6 cm³/mol. The SMILES string of the molecule is O=C(NCC1(CCl)CCCC1)C1CCOC1. The molecule has 2 rings (SSSR count). The van der Waals surface area contributed by atoms with Crippen molar-refractivity contribution in [1.29, 1.82) is 0 Å². The van der Waals surface area contributed by atoms with Crippen LogP contribution < -0.4 is 5.32 Å². The Morgan fingerprint density at radius 1 is 1.44 bits per heavy atom.